The van der Waals surface area contributed by atoms with Crippen LogP contribution in [-0.4, -0.2) is 27.7 Å². The Morgan fingerprint density at radius 2 is 1.84 bits per heavy atom. The van der Waals surface area contributed by atoms with E-state index in [9.17, 15) is 14.0 Å². The number of hydrogen-bond donors (Lipinski definition) is 1. The smallest absolute Gasteiger partial charge is 0.273 e. The molecule has 7 heteroatoms. The molecule has 0 bridgehead atoms. The molecule has 1 aliphatic carbocycles. The van der Waals surface area contributed by atoms with E-state index >= 15 is 0 Å². The van der Waals surface area contributed by atoms with Gasteiger partial charge in [0.1, 0.15) is 17.6 Å². The number of nitrogens with zero attached hydrogens (tertiary/aromatic N) is 2. The largest absolute Gasteiger partial charge is 0.351 e. The van der Waals surface area contributed by atoms with Crippen LogP contribution in [0.25, 0.3) is 0 Å². The zero-order valence-electron chi connectivity index (χ0n) is 17.7. The lowest BCUT2D eigenvalue weighted by molar-refractivity contribution is -0.127. The fourth-order valence-corrected chi connectivity index (χ4v) is 4.86. The summed E-state index contributed by atoms with van der Waals surface area (Å²) >= 11 is 1.49. The summed E-state index contributed by atoms with van der Waals surface area (Å²) in [6, 6.07) is 14.0. The van der Waals surface area contributed by atoms with Crippen molar-refractivity contribution in [2.45, 2.75) is 50.7 Å². The van der Waals surface area contributed by atoms with Crippen molar-refractivity contribution in [1.82, 2.24) is 15.2 Å². The number of nitrogens with one attached hydrogen (secondary N) is 1. The summed E-state index contributed by atoms with van der Waals surface area (Å²) in [5.74, 6) is -1.28. The monoisotopic (exact) mass is 451 g/mol. The predicted octanol–water partition coefficient (Wildman–Crippen LogP) is 5.11. The number of thiophene rings is 1. The van der Waals surface area contributed by atoms with Crippen LogP contribution in [-0.2, 0) is 11.3 Å². The lowest BCUT2D eigenvalue weighted by atomic mass is 9.94. The van der Waals surface area contributed by atoms with Crippen molar-refractivity contribution >= 4 is 23.2 Å². The second kappa shape index (κ2) is 10.5. The fraction of sp³-hybridized carbons (Fsp3) is 0.320. The summed E-state index contributed by atoms with van der Waals surface area (Å²) < 4.78 is 15.0. The molecule has 1 aliphatic rings. The SMILES string of the molecule is O=C(NC1CCCCC1)[C@H](c1ccccc1F)N(Cc1cccs1)C(=O)c1ccccn1. The minimum atomic E-state index is -1.10. The third-order valence-electron chi connectivity index (χ3n) is 5.76. The fourth-order valence-electron chi connectivity index (χ4n) is 4.16. The lowest BCUT2D eigenvalue weighted by Gasteiger charge is -2.33. The summed E-state index contributed by atoms with van der Waals surface area (Å²) in [5.41, 5.74) is 0.400. The van der Waals surface area contributed by atoms with Crippen molar-refractivity contribution in [1.29, 1.82) is 0 Å². The number of rotatable bonds is 7. The first kappa shape index (κ1) is 22.1. The quantitative estimate of drug-likeness (QED) is 0.543. The number of pyridine rings is 1. The Balaban J connectivity index is 1.73. The van der Waals surface area contributed by atoms with Crippen molar-refractivity contribution in [3.05, 3.63) is 88.1 Å². The minimum Gasteiger partial charge on any atom is -0.351 e. The molecule has 2 amide bonds. The number of amides is 2. The average molecular weight is 452 g/mol. The minimum absolute atomic E-state index is 0.0408. The molecule has 1 saturated carbocycles. The topological polar surface area (TPSA) is 62.3 Å². The van der Waals surface area contributed by atoms with Gasteiger partial charge in [-0.05, 0) is 42.5 Å². The maximum atomic E-state index is 15.0. The Hall–Kier alpha value is -3.06. The van der Waals surface area contributed by atoms with Crippen molar-refractivity contribution < 1.29 is 14.0 Å². The van der Waals surface area contributed by atoms with Gasteiger partial charge < -0.3 is 10.2 Å². The van der Waals surface area contributed by atoms with Gasteiger partial charge in [0.25, 0.3) is 5.91 Å². The molecule has 32 heavy (non-hydrogen) atoms. The summed E-state index contributed by atoms with van der Waals surface area (Å²) in [5, 5.41) is 5.01. The van der Waals surface area contributed by atoms with E-state index in [1.54, 1.807) is 36.4 Å². The molecule has 4 rings (SSSR count). The van der Waals surface area contributed by atoms with Crippen molar-refractivity contribution in [3.8, 4) is 0 Å². The third kappa shape index (κ3) is 5.22. The first-order chi connectivity index (χ1) is 15.6. The highest BCUT2D eigenvalue weighted by molar-refractivity contribution is 7.09. The van der Waals surface area contributed by atoms with Crippen LogP contribution in [0, 0.1) is 5.82 Å². The first-order valence-corrected chi connectivity index (χ1v) is 11.8. The molecular weight excluding hydrogens is 425 g/mol. The molecular formula is C25H26FN3O2S. The van der Waals surface area contributed by atoms with Gasteiger partial charge in [-0.15, -0.1) is 11.3 Å². The zero-order valence-corrected chi connectivity index (χ0v) is 18.6. The molecule has 1 atom stereocenters. The number of carbonyl (C=O) groups is 2. The van der Waals surface area contributed by atoms with Crippen LogP contribution in [0.2, 0.25) is 0 Å². The molecule has 166 valence electrons. The molecule has 5 nitrogen and oxygen atoms in total. The van der Waals surface area contributed by atoms with E-state index in [1.807, 2.05) is 17.5 Å². The van der Waals surface area contributed by atoms with Gasteiger partial charge in [-0.3, -0.25) is 14.6 Å². The highest BCUT2D eigenvalue weighted by Crippen LogP contribution is 2.29. The number of aromatic nitrogens is 1. The second-order valence-corrected chi connectivity index (χ2v) is 9.03. The van der Waals surface area contributed by atoms with E-state index in [2.05, 4.69) is 10.3 Å². The maximum Gasteiger partial charge on any atom is 0.273 e. The van der Waals surface area contributed by atoms with Crippen molar-refractivity contribution in [3.63, 3.8) is 0 Å². The third-order valence-corrected chi connectivity index (χ3v) is 6.62. The van der Waals surface area contributed by atoms with Gasteiger partial charge in [0, 0.05) is 22.7 Å². The number of carbonyl (C=O) groups excluding carboxylic acids is 2. The highest BCUT2D eigenvalue weighted by Gasteiger charge is 2.35. The van der Waals surface area contributed by atoms with E-state index in [-0.39, 0.29) is 29.8 Å². The molecule has 0 unspecified atom stereocenters. The van der Waals surface area contributed by atoms with Gasteiger partial charge >= 0.3 is 0 Å². The maximum absolute atomic E-state index is 15.0. The molecule has 0 radical (unpaired) electrons. The molecule has 1 N–H and O–H groups in total. The van der Waals surface area contributed by atoms with Gasteiger partial charge in [-0.25, -0.2) is 4.39 Å². The Labute approximate surface area is 191 Å². The Bertz CT molecular complexity index is 1040. The number of hydrogen-bond acceptors (Lipinski definition) is 4. The molecule has 1 fully saturated rings. The van der Waals surface area contributed by atoms with Crippen LogP contribution in [0.1, 0.15) is 59.1 Å². The van der Waals surface area contributed by atoms with Crippen molar-refractivity contribution in [2.75, 3.05) is 0 Å². The van der Waals surface area contributed by atoms with Crippen molar-refractivity contribution in [2.24, 2.45) is 0 Å². The molecule has 1 aromatic carbocycles. The van der Waals surface area contributed by atoms with E-state index in [1.165, 1.54) is 28.5 Å². The summed E-state index contributed by atoms with van der Waals surface area (Å²) in [4.78, 5) is 33.7. The van der Waals surface area contributed by atoms with Crippen LogP contribution >= 0.6 is 11.3 Å². The van der Waals surface area contributed by atoms with Crippen LogP contribution in [0.15, 0.2) is 66.2 Å². The second-order valence-electron chi connectivity index (χ2n) is 7.99. The predicted molar refractivity (Wildman–Crippen MR) is 123 cm³/mol. The van der Waals surface area contributed by atoms with E-state index in [4.69, 9.17) is 0 Å². The Morgan fingerprint density at radius 1 is 1.06 bits per heavy atom. The van der Waals surface area contributed by atoms with Crippen LogP contribution in [0.3, 0.4) is 0 Å². The molecule has 0 saturated heterocycles. The molecule has 0 spiro atoms. The summed E-state index contributed by atoms with van der Waals surface area (Å²) in [6.45, 7) is 0.185. The van der Waals surface area contributed by atoms with E-state index in [0.29, 0.717) is 0 Å². The lowest BCUT2D eigenvalue weighted by Crippen LogP contribution is -2.47. The van der Waals surface area contributed by atoms with Crippen LogP contribution in [0.4, 0.5) is 4.39 Å². The van der Waals surface area contributed by atoms with Crippen LogP contribution in [0.5, 0.6) is 0 Å². The Kier molecular flexibility index (Phi) is 7.27. The molecule has 3 aromatic rings. The van der Waals surface area contributed by atoms with Gasteiger partial charge in [0.2, 0.25) is 5.91 Å². The standard InChI is InChI=1S/C25H26FN3O2S/c26-21-13-5-4-12-20(21)23(24(30)28-18-9-2-1-3-10-18)29(17-19-11-8-16-32-19)25(31)22-14-6-7-15-27-22/h4-8,11-16,18,23H,1-3,9-10,17H2,(H,28,30)/t23-/m0/s1. The van der Waals surface area contributed by atoms with Gasteiger partial charge in [0.05, 0.1) is 6.54 Å². The van der Waals surface area contributed by atoms with Crippen LogP contribution < -0.4 is 5.32 Å². The number of benzene rings is 1. The number of halogens is 1. The van der Waals surface area contributed by atoms with Gasteiger partial charge in [-0.1, -0.05) is 49.6 Å². The van der Waals surface area contributed by atoms with E-state index in [0.717, 1.165) is 37.0 Å². The van der Waals surface area contributed by atoms with E-state index < -0.39 is 17.8 Å². The van der Waals surface area contributed by atoms with Gasteiger partial charge in [0.15, 0.2) is 0 Å². The summed E-state index contributed by atoms with van der Waals surface area (Å²) in [6.07, 6.45) is 6.61. The normalized spacial score (nSPS) is 15.2. The molecule has 0 aliphatic heterocycles. The Morgan fingerprint density at radius 3 is 2.53 bits per heavy atom. The first-order valence-electron chi connectivity index (χ1n) is 10.9. The molecule has 2 aromatic heterocycles. The summed E-state index contributed by atoms with van der Waals surface area (Å²) in [7, 11) is 0. The molecule has 2 heterocycles. The van der Waals surface area contributed by atoms with Gasteiger partial charge in [-0.2, -0.15) is 0 Å². The highest BCUT2D eigenvalue weighted by atomic mass is 32.1. The average Bonchev–Trinajstić information content (AvgIpc) is 3.34. The zero-order chi connectivity index (χ0) is 22.3.